The Morgan fingerprint density at radius 1 is 1.19 bits per heavy atom. The van der Waals surface area contributed by atoms with E-state index in [1.165, 1.54) is 33.0 Å². The SMILES string of the molecule is C[C@H](Oc1cc(-n2nc(C(C)(C)O)n(C)c2=O)c(F)cc1C(=O)Nc1c(F)cccc1Cl)C(F)(F)F. The van der Waals surface area contributed by atoms with Gasteiger partial charge in [0, 0.05) is 13.1 Å². The number of carbonyl (C=O) groups excluding carboxylic acids is 1. The Kier molecular flexibility index (Phi) is 7.19. The first kappa shape index (κ1) is 27.1. The van der Waals surface area contributed by atoms with E-state index in [1.54, 1.807) is 0 Å². The normalized spacial score (nSPS) is 13.0. The fraction of sp³-hybridized carbons (Fsp3) is 0.318. The third-order valence-corrected chi connectivity index (χ3v) is 5.33. The predicted octanol–water partition coefficient (Wildman–Crippen LogP) is 4.31. The molecule has 0 aliphatic rings. The quantitative estimate of drug-likeness (QED) is 0.459. The van der Waals surface area contributed by atoms with Crippen LogP contribution in [-0.2, 0) is 12.6 Å². The Morgan fingerprint density at radius 2 is 1.83 bits per heavy atom. The molecule has 1 atom stereocenters. The lowest BCUT2D eigenvalue weighted by molar-refractivity contribution is -0.189. The fourth-order valence-electron chi connectivity index (χ4n) is 3.16. The molecular weight excluding hydrogens is 515 g/mol. The van der Waals surface area contributed by atoms with Gasteiger partial charge in [-0.15, -0.1) is 5.10 Å². The summed E-state index contributed by atoms with van der Waals surface area (Å²) in [4.78, 5) is 25.5. The monoisotopic (exact) mass is 534 g/mol. The number of para-hydroxylation sites is 1. The van der Waals surface area contributed by atoms with Crippen LogP contribution < -0.4 is 15.7 Å². The number of aliphatic hydroxyl groups is 1. The highest BCUT2D eigenvalue weighted by Crippen LogP contribution is 2.32. The molecule has 0 fully saturated rings. The maximum Gasteiger partial charge on any atom is 0.425 e. The molecule has 2 aromatic carbocycles. The Hall–Kier alpha value is -3.45. The molecule has 14 heteroatoms. The van der Waals surface area contributed by atoms with Crippen molar-refractivity contribution in [2.75, 3.05) is 5.32 Å². The molecule has 1 heterocycles. The van der Waals surface area contributed by atoms with E-state index in [9.17, 15) is 32.3 Å². The molecule has 0 aliphatic heterocycles. The van der Waals surface area contributed by atoms with Crippen LogP contribution in [0.3, 0.4) is 0 Å². The van der Waals surface area contributed by atoms with Crippen molar-refractivity contribution < 1.29 is 36.6 Å². The molecule has 0 radical (unpaired) electrons. The van der Waals surface area contributed by atoms with Gasteiger partial charge in [-0.05, 0) is 39.0 Å². The molecule has 2 N–H and O–H groups in total. The molecule has 0 bridgehead atoms. The van der Waals surface area contributed by atoms with Crippen molar-refractivity contribution in [2.24, 2.45) is 7.05 Å². The zero-order valence-electron chi connectivity index (χ0n) is 19.2. The first-order valence-corrected chi connectivity index (χ1v) is 10.6. The average Bonchev–Trinajstić information content (AvgIpc) is 3.05. The van der Waals surface area contributed by atoms with Crippen molar-refractivity contribution in [1.29, 1.82) is 0 Å². The van der Waals surface area contributed by atoms with Crippen LogP contribution in [0.25, 0.3) is 5.69 Å². The number of aromatic nitrogens is 3. The van der Waals surface area contributed by atoms with Crippen molar-refractivity contribution >= 4 is 23.2 Å². The Labute approximate surface area is 205 Å². The number of rotatable bonds is 6. The van der Waals surface area contributed by atoms with Crippen LogP contribution in [0, 0.1) is 11.6 Å². The molecule has 1 amide bonds. The summed E-state index contributed by atoms with van der Waals surface area (Å²) >= 11 is 5.87. The molecule has 3 aromatic rings. The second kappa shape index (κ2) is 9.54. The number of halogens is 6. The number of alkyl halides is 3. The molecule has 36 heavy (non-hydrogen) atoms. The van der Waals surface area contributed by atoms with Gasteiger partial charge in [0.2, 0.25) is 0 Å². The van der Waals surface area contributed by atoms with Gasteiger partial charge < -0.3 is 15.2 Å². The lowest BCUT2D eigenvalue weighted by Crippen LogP contribution is -2.32. The summed E-state index contributed by atoms with van der Waals surface area (Å²) in [6.07, 6.45) is -7.32. The van der Waals surface area contributed by atoms with Gasteiger partial charge in [-0.2, -0.15) is 17.9 Å². The van der Waals surface area contributed by atoms with Gasteiger partial charge in [0.1, 0.15) is 28.7 Å². The van der Waals surface area contributed by atoms with Crippen molar-refractivity contribution in [2.45, 2.75) is 38.7 Å². The van der Waals surface area contributed by atoms with E-state index in [0.29, 0.717) is 23.7 Å². The number of carbonyl (C=O) groups is 1. The van der Waals surface area contributed by atoms with Gasteiger partial charge in [-0.25, -0.2) is 13.6 Å². The highest BCUT2D eigenvalue weighted by Gasteiger charge is 2.39. The molecule has 8 nitrogen and oxygen atoms in total. The minimum atomic E-state index is -4.87. The van der Waals surface area contributed by atoms with E-state index in [4.69, 9.17) is 16.3 Å². The largest absolute Gasteiger partial charge is 0.480 e. The fourth-order valence-corrected chi connectivity index (χ4v) is 3.37. The number of anilines is 1. The van der Waals surface area contributed by atoms with E-state index in [2.05, 4.69) is 10.4 Å². The number of ether oxygens (including phenoxy) is 1. The molecule has 0 spiro atoms. The first-order chi connectivity index (χ1) is 16.5. The lowest BCUT2D eigenvalue weighted by atomic mass is 10.1. The zero-order valence-corrected chi connectivity index (χ0v) is 20.0. The summed E-state index contributed by atoms with van der Waals surface area (Å²) in [5.74, 6) is -4.37. The van der Waals surface area contributed by atoms with Crippen molar-refractivity contribution in [3.8, 4) is 11.4 Å². The van der Waals surface area contributed by atoms with Crippen molar-refractivity contribution in [3.63, 3.8) is 0 Å². The van der Waals surface area contributed by atoms with Crippen molar-refractivity contribution in [1.82, 2.24) is 14.3 Å². The smallest absolute Gasteiger partial charge is 0.425 e. The van der Waals surface area contributed by atoms with Gasteiger partial charge >= 0.3 is 11.9 Å². The molecule has 0 aliphatic carbocycles. The minimum Gasteiger partial charge on any atom is -0.480 e. The number of benzene rings is 2. The van der Waals surface area contributed by atoms with Gasteiger partial charge in [-0.3, -0.25) is 9.36 Å². The topological polar surface area (TPSA) is 98.4 Å². The van der Waals surface area contributed by atoms with E-state index in [1.807, 2.05) is 0 Å². The van der Waals surface area contributed by atoms with E-state index < -0.39 is 63.8 Å². The summed E-state index contributed by atoms with van der Waals surface area (Å²) < 4.78 is 75.2. The second-order valence-electron chi connectivity index (χ2n) is 8.29. The number of nitrogens with zero attached hydrogens (tertiary/aromatic N) is 3. The van der Waals surface area contributed by atoms with E-state index >= 15 is 4.39 Å². The van der Waals surface area contributed by atoms with Gasteiger partial charge in [0.25, 0.3) is 5.91 Å². The molecule has 1 aromatic heterocycles. The predicted molar refractivity (Wildman–Crippen MR) is 120 cm³/mol. The third kappa shape index (κ3) is 5.36. The average molecular weight is 535 g/mol. The third-order valence-electron chi connectivity index (χ3n) is 5.02. The summed E-state index contributed by atoms with van der Waals surface area (Å²) in [5, 5.41) is 16.0. The number of nitrogens with one attached hydrogen (secondary N) is 1. The Bertz CT molecular complexity index is 1360. The van der Waals surface area contributed by atoms with Gasteiger partial charge in [0.05, 0.1) is 16.3 Å². The van der Waals surface area contributed by atoms with E-state index in [-0.39, 0.29) is 10.8 Å². The molecule has 3 rings (SSSR count). The molecule has 0 unspecified atom stereocenters. The summed E-state index contributed by atoms with van der Waals surface area (Å²) in [6.45, 7) is 3.28. The van der Waals surface area contributed by atoms with Gasteiger partial charge in [0.15, 0.2) is 11.9 Å². The standard InChI is InChI=1S/C22H20ClF5N4O4/c1-10(22(26,27)28)36-16-9-15(32-20(34)31(4)19(30-32)21(2,3)35)14(25)8-11(16)18(33)29-17-12(23)6-5-7-13(17)24/h5-10,35H,1-4H3,(H,29,33)/t10-/m0/s1. The zero-order chi connectivity index (χ0) is 27.2. The van der Waals surface area contributed by atoms with Crippen LogP contribution in [0.15, 0.2) is 35.1 Å². The van der Waals surface area contributed by atoms with Crippen LogP contribution in [0.2, 0.25) is 5.02 Å². The van der Waals surface area contributed by atoms with Crippen LogP contribution in [-0.4, -0.2) is 37.6 Å². The number of hydrogen-bond acceptors (Lipinski definition) is 5. The Morgan fingerprint density at radius 3 is 2.36 bits per heavy atom. The van der Waals surface area contributed by atoms with Gasteiger partial charge in [-0.1, -0.05) is 17.7 Å². The van der Waals surface area contributed by atoms with E-state index in [0.717, 1.165) is 10.6 Å². The second-order valence-corrected chi connectivity index (χ2v) is 8.70. The highest BCUT2D eigenvalue weighted by atomic mass is 35.5. The number of hydrogen-bond donors (Lipinski definition) is 2. The van der Waals surface area contributed by atoms with Crippen LogP contribution >= 0.6 is 11.6 Å². The van der Waals surface area contributed by atoms with Crippen LogP contribution in [0.4, 0.5) is 27.6 Å². The molecule has 194 valence electrons. The highest BCUT2D eigenvalue weighted by molar-refractivity contribution is 6.34. The number of amides is 1. The molecule has 0 saturated heterocycles. The maximum atomic E-state index is 15.1. The lowest BCUT2D eigenvalue weighted by Gasteiger charge is -2.20. The first-order valence-electron chi connectivity index (χ1n) is 10.2. The van der Waals surface area contributed by atoms with Crippen molar-refractivity contribution in [3.05, 3.63) is 68.9 Å². The van der Waals surface area contributed by atoms with Crippen LogP contribution in [0.5, 0.6) is 5.75 Å². The maximum absolute atomic E-state index is 15.1. The molecular formula is C22H20ClF5N4O4. The summed E-state index contributed by atoms with van der Waals surface area (Å²) in [7, 11) is 1.25. The summed E-state index contributed by atoms with van der Waals surface area (Å²) in [5.41, 5.74) is -4.44. The Balaban J connectivity index is 2.18. The minimum absolute atomic E-state index is 0.172. The van der Waals surface area contributed by atoms with Crippen LogP contribution in [0.1, 0.15) is 37.0 Å². The summed E-state index contributed by atoms with van der Waals surface area (Å²) in [6, 6.07) is 4.68. The molecule has 0 saturated carbocycles.